The second-order valence-electron chi connectivity index (χ2n) is 9.40. The van der Waals surface area contributed by atoms with Crippen LogP contribution >= 0.6 is 11.8 Å². The van der Waals surface area contributed by atoms with Gasteiger partial charge in [-0.05, 0) is 66.5 Å². The maximum absolute atomic E-state index is 12.5. The molecule has 0 aromatic heterocycles. The number of thioether (sulfide) groups is 1. The topological polar surface area (TPSA) is 49.3 Å². The summed E-state index contributed by atoms with van der Waals surface area (Å²) in [4.78, 5) is 13.6. The zero-order valence-electron chi connectivity index (χ0n) is 18.9. The van der Waals surface area contributed by atoms with Crippen LogP contribution in [0.2, 0.25) is 0 Å². The molecule has 3 atom stereocenters. The minimum atomic E-state index is 0.203. The summed E-state index contributed by atoms with van der Waals surface area (Å²) in [5.74, 6) is 2.95. The van der Waals surface area contributed by atoms with Gasteiger partial charge in [0.25, 0.3) is 0 Å². The number of amides is 1. The van der Waals surface area contributed by atoms with E-state index in [1.807, 2.05) is 60.7 Å². The van der Waals surface area contributed by atoms with E-state index in [9.17, 15) is 9.90 Å². The van der Waals surface area contributed by atoms with Gasteiger partial charge in [0.15, 0.2) is 0 Å². The van der Waals surface area contributed by atoms with E-state index in [4.69, 9.17) is 0 Å². The van der Waals surface area contributed by atoms with Gasteiger partial charge in [-0.15, -0.1) is 11.8 Å². The van der Waals surface area contributed by atoms with Crippen molar-refractivity contribution in [3.8, 4) is 28.0 Å². The van der Waals surface area contributed by atoms with Gasteiger partial charge in [0, 0.05) is 28.5 Å². The molecule has 2 N–H and O–H groups in total. The van der Waals surface area contributed by atoms with Crippen molar-refractivity contribution in [2.45, 2.75) is 49.5 Å². The van der Waals surface area contributed by atoms with Crippen molar-refractivity contribution < 1.29 is 9.90 Å². The summed E-state index contributed by atoms with van der Waals surface area (Å²) in [6.07, 6.45) is 6.57. The van der Waals surface area contributed by atoms with E-state index in [1.54, 1.807) is 11.8 Å². The maximum Gasteiger partial charge on any atom is 0.220 e. The van der Waals surface area contributed by atoms with Crippen molar-refractivity contribution in [1.82, 2.24) is 5.32 Å². The fourth-order valence-electron chi connectivity index (χ4n) is 5.49. The Hall–Kier alpha value is -2.72. The van der Waals surface area contributed by atoms with Crippen LogP contribution in [0.5, 0.6) is 5.75 Å². The highest BCUT2D eigenvalue weighted by atomic mass is 32.2. The average molecular weight is 458 g/mol. The van der Waals surface area contributed by atoms with Gasteiger partial charge in [-0.2, -0.15) is 0 Å². The summed E-state index contributed by atoms with van der Waals surface area (Å²) in [7, 11) is 0. The van der Waals surface area contributed by atoms with Crippen LogP contribution in [0.4, 0.5) is 0 Å². The Morgan fingerprint density at radius 2 is 1.55 bits per heavy atom. The Kier molecular flexibility index (Phi) is 6.73. The van der Waals surface area contributed by atoms with Gasteiger partial charge in [-0.1, -0.05) is 67.1 Å². The van der Waals surface area contributed by atoms with Crippen LogP contribution in [0.25, 0.3) is 22.3 Å². The molecule has 170 valence electrons. The van der Waals surface area contributed by atoms with E-state index in [-0.39, 0.29) is 5.91 Å². The number of fused-ring (bicyclic) bond motifs is 2. The number of aromatic hydroxyl groups is 1. The normalized spacial score (nSPS) is 21.3. The summed E-state index contributed by atoms with van der Waals surface area (Å²) in [5.41, 5.74) is 3.68. The third-order valence-electron chi connectivity index (χ3n) is 7.15. The van der Waals surface area contributed by atoms with E-state index in [2.05, 4.69) is 17.4 Å². The molecule has 2 bridgehead atoms. The molecule has 0 aliphatic heterocycles. The first-order valence-corrected chi connectivity index (χ1v) is 13.1. The SMILES string of the molecule is O=C(CCCSc1cc(-c2ccccc2)c(O)c(-c2ccccc2)c1)NC1CC2CCC1C2. The monoisotopic (exact) mass is 457 g/mol. The van der Waals surface area contributed by atoms with Crippen LogP contribution < -0.4 is 5.32 Å². The molecular weight excluding hydrogens is 426 g/mol. The fourth-order valence-corrected chi connectivity index (χ4v) is 6.42. The molecule has 2 saturated carbocycles. The number of carbonyl (C=O) groups is 1. The number of hydrogen-bond donors (Lipinski definition) is 2. The predicted molar refractivity (Wildman–Crippen MR) is 136 cm³/mol. The molecule has 4 heteroatoms. The lowest BCUT2D eigenvalue weighted by Crippen LogP contribution is -2.38. The van der Waals surface area contributed by atoms with Crippen LogP contribution in [-0.2, 0) is 4.79 Å². The highest BCUT2D eigenvalue weighted by Gasteiger charge is 2.39. The summed E-state index contributed by atoms with van der Waals surface area (Å²) in [5, 5.41) is 14.4. The van der Waals surface area contributed by atoms with E-state index in [0.717, 1.165) is 51.2 Å². The number of phenols is 1. The van der Waals surface area contributed by atoms with Gasteiger partial charge >= 0.3 is 0 Å². The van der Waals surface area contributed by atoms with Crippen LogP contribution in [-0.4, -0.2) is 22.8 Å². The van der Waals surface area contributed by atoms with Crippen LogP contribution in [0.1, 0.15) is 38.5 Å². The largest absolute Gasteiger partial charge is 0.507 e. The van der Waals surface area contributed by atoms with Gasteiger partial charge in [-0.25, -0.2) is 0 Å². The number of carbonyl (C=O) groups excluding carboxylic acids is 1. The van der Waals surface area contributed by atoms with Crippen molar-refractivity contribution in [1.29, 1.82) is 0 Å². The quantitative estimate of drug-likeness (QED) is 0.286. The molecule has 1 amide bonds. The predicted octanol–water partition coefficient (Wildman–Crippen LogP) is 6.90. The minimum absolute atomic E-state index is 0.203. The second-order valence-corrected chi connectivity index (χ2v) is 10.6. The van der Waals surface area contributed by atoms with E-state index in [1.165, 1.54) is 25.7 Å². The summed E-state index contributed by atoms with van der Waals surface area (Å²) >= 11 is 1.75. The lowest BCUT2D eigenvalue weighted by atomic mass is 9.95. The molecule has 2 aliphatic carbocycles. The van der Waals surface area contributed by atoms with Gasteiger partial charge in [0.05, 0.1) is 0 Å². The summed E-state index contributed by atoms with van der Waals surface area (Å²) in [6.45, 7) is 0. The maximum atomic E-state index is 12.5. The zero-order valence-corrected chi connectivity index (χ0v) is 19.7. The summed E-state index contributed by atoms with van der Waals surface area (Å²) < 4.78 is 0. The number of benzene rings is 3. The smallest absolute Gasteiger partial charge is 0.220 e. The Bertz CT molecular complexity index is 1040. The number of nitrogens with one attached hydrogen (secondary N) is 1. The van der Waals surface area contributed by atoms with Gasteiger partial charge in [0.1, 0.15) is 5.75 Å². The average Bonchev–Trinajstić information content (AvgIpc) is 3.47. The summed E-state index contributed by atoms with van der Waals surface area (Å²) in [6, 6.07) is 24.6. The zero-order chi connectivity index (χ0) is 22.6. The molecule has 5 rings (SSSR count). The molecule has 0 radical (unpaired) electrons. The van der Waals surface area contributed by atoms with Crippen LogP contribution in [0.3, 0.4) is 0 Å². The van der Waals surface area contributed by atoms with Crippen LogP contribution in [0.15, 0.2) is 77.7 Å². The highest BCUT2D eigenvalue weighted by Crippen LogP contribution is 2.44. The van der Waals surface area contributed by atoms with Crippen molar-refractivity contribution in [3.05, 3.63) is 72.8 Å². The van der Waals surface area contributed by atoms with Gasteiger partial charge in [-0.3, -0.25) is 4.79 Å². The van der Waals surface area contributed by atoms with Crippen molar-refractivity contribution in [2.24, 2.45) is 11.8 Å². The Morgan fingerprint density at radius 3 is 2.09 bits per heavy atom. The third kappa shape index (κ3) is 5.11. The molecule has 33 heavy (non-hydrogen) atoms. The molecule has 3 unspecified atom stereocenters. The van der Waals surface area contributed by atoms with Gasteiger partial charge in [0.2, 0.25) is 5.91 Å². The molecule has 0 heterocycles. The number of phenolic OH excluding ortho intramolecular Hbond substituents is 1. The highest BCUT2D eigenvalue weighted by molar-refractivity contribution is 7.99. The van der Waals surface area contributed by atoms with E-state index >= 15 is 0 Å². The molecular formula is C29H31NO2S. The molecule has 3 nitrogen and oxygen atoms in total. The number of rotatable bonds is 8. The molecule has 0 spiro atoms. The Morgan fingerprint density at radius 1 is 0.909 bits per heavy atom. The van der Waals surface area contributed by atoms with Crippen LogP contribution in [0, 0.1) is 11.8 Å². The molecule has 2 fully saturated rings. The van der Waals surface area contributed by atoms with Gasteiger partial charge < -0.3 is 10.4 Å². The van der Waals surface area contributed by atoms with E-state index in [0.29, 0.717) is 18.2 Å². The molecule has 0 saturated heterocycles. The minimum Gasteiger partial charge on any atom is -0.507 e. The Balaban J connectivity index is 1.25. The first-order chi connectivity index (χ1) is 16.2. The molecule has 2 aliphatic rings. The fraction of sp³-hybridized carbons (Fsp3) is 0.345. The van der Waals surface area contributed by atoms with Crippen molar-refractivity contribution in [3.63, 3.8) is 0 Å². The second kappa shape index (κ2) is 10.0. The molecule has 3 aromatic carbocycles. The standard InChI is InChI=1S/C29H31NO2S/c31-28(30-27-17-20-13-14-23(27)16-20)12-7-15-33-24-18-25(21-8-3-1-4-9-21)29(32)26(19-24)22-10-5-2-6-11-22/h1-6,8-11,18-20,23,27,32H,7,12-17H2,(H,30,31). The van der Waals surface area contributed by atoms with E-state index < -0.39 is 0 Å². The number of hydrogen-bond acceptors (Lipinski definition) is 3. The lowest BCUT2D eigenvalue weighted by Gasteiger charge is -2.22. The Labute approximate surface area is 200 Å². The van der Waals surface area contributed by atoms with Crippen molar-refractivity contribution >= 4 is 17.7 Å². The third-order valence-corrected chi connectivity index (χ3v) is 8.22. The lowest BCUT2D eigenvalue weighted by molar-refractivity contribution is -0.122. The molecule has 3 aromatic rings. The first-order valence-electron chi connectivity index (χ1n) is 12.1. The first kappa shape index (κ1) is 22.1. The van der Waals surface area contributed by atoms with Crippen molar-refractivity contribution in [2.75, 3.05) is 5.75 Å².